The lowest BCUT2D eigenvalue weighted by molar-refractivity contribution is 0.0750. The highest BCUT2D eigenvalue weighted by molar-refractivity contribution is 7.14. The highest BCUT2D eigenvalue weighted by atomic mass is 32.1. The quantitative estimate of drug-likeness (QED) is 0.801. The largest absolute Gasteiger partial charge is 0.449 e. The summed E-state index contributed by atoms with van der Waals surface area (Å²) in [6, 6.07) is 0. The molecule has 7 heteroatoms. The average molecular weight is 382 g/mol. The van der Waals surface area contributed by atoms with Crippen LogP contribution in [0.1, 0.15) is 61.4 Å². The minimum absolute atomic E-state index is 0.0212. The molecular formula is C19H31N3O3S. The summed E-state index contributed by atoms with van der Waals surface area (Å²) < 4.78 is 5.31. The van der Waals surface area contributed by atoms with Crippen LogP contribution >= 0.6 is 11.3 Å². The summed E-state index contributed by atoms with van der Waals surface area (Å²) in [5.41, 5.74) is 0.728. The lowest BCUT2D eigenvalue weighted by atomic mass is 9.98. The molecule has 0 N–H and O–H groups in total. The van der Waals surface area contributed by atoms with Gasteiger partial charge in [-0.15, -0.1) is 11.3 Å². The number of carbonyl (C=O) groups excluding carboxylic acids is 2. The van der Waals surface area contributed by atoms with Crippen molar-refractivity contribution in [2.75, 3.05) is 32.8 Å². The zero-order valence-corrected chi connectivity index (χ0v) is 17.6. The normalized spacial score (nSPS) is 16.0. The van der Waals surface area contributed by atoms with Crippen molar-refractivity contribution in [1.29, 1.82) is 0 Å². The summed E-state index contributed by atoms with van der Waals surface area (Å²) in [7, 11) is 0. The fourth-order valence-corrected chi connectivity index (χ4v) is 3.78. The van der Waals surface area contributed by atoms with E-state index in [0.717, 1.165) is 17.1 Å². The minimum atomic E-state index is -0.281. The minimum Gasteiger partial charge on any atom is -0.449 e. The molecule has 0 radical (unpaired) electrons. The summed E-state index contributed by atoms with van der Waals surface area (Å²) in [5, 5.41) is 0.979. The lowest BCUT2D eigenvalue weighted by Gasteiger charge is -2.22. The van der Waals surface area contributed by atoms with Crippen LogP contribution < -0.4 is 0 Å². The Morgan fingerprint density at radius 2 is 1.77 bits per heavy atom. The third-order valence-electron chi connectivity index (χ3n) is 4.21. The van der Waals surface area contributed by atoms with E-state index in [1.807, 2.05) is 25.7 Å². The van der Waals surface area contributed by atoms with Gasteiger partial charge >= 0.3 is 6.09 Å². The molecule has 2 rings (SSSR count). The van der Waals surface area contributed by atoms with Crippen LogP contribution in [0.25, 0.3) is 0 Å². The van der Waals surface area contributed by atoms with Gasteiger partial charge in [-0.25, -0.2) is 9.78 Å². The van der Waals surface area contributed by atoms with Crippen LogP contribution in [0, 0.1) is 12.8 Å². The van der Waals surface area contributed by atoms with Crippen molar-refractivity contribution < 1.29 is 14.3 Å². The number of thiazole rings is 1. The van der Waals surface area contributed by atoms with Crippen LogP contribution in [0.15, 0.2) is 0 Å². The number of nitrogens with zero attached hydrogens (tertiary/aromatic N) is 3. The van der Waals surface area contributed by atoms with Crippen LogP contribution in [-0.4, -0.2) is 59.6 Å². The van der Waals surface area contributed by atoms with Crippen LogP contribution in [0.5, 0.6) is 0 Å². The summed E-state index contributed by atoms with van der Waals surface area (Å²) in [6.07, 6.45) is 0.476. The summed E-state index contributed by atoms with van der Waals surface area (Å²) in [4.78, 5) is 34.0. The second-order valence-corrected chi connectivity index (χ2v) is 9.29. The lowest BCUT2D eigenvalue weighted by Crippen LogP contribution is -2.37. The Morgan fingerprint density at radius 3 is 2.35 bits per heavy atom. The van der Waals surface area contributed by atoms with Gasteiger partial charge in [0.2, 0.25) is 0 Å². The standard InChI is InChI=1S/C19H31N3O3S/c1-13(2)12-25-18(24)22-9-7-8-21(10-11-22)16(23)15-14(3)20-17(26-15)19(4,5)6/h13H,7-12H2,1-6H3. The molecule has 0 spiro atoms. The Labute approximate surface area is 160 Å². The predicted octanol–water partition coefficient (Wildman–Crippen LogP) is 3.69. The summed E-state index contributed by atoms with van der Waals surface area (Å²) in [5.74, 6) is 0.336. The number of aryl methyl sites for hydroxylation is 1. The highest BCUT2D eigenvalue weighted by Gasteiger charge is 2.28. The number of aromatic nitrogens is 1. The van der Waals surface area contributed by atoms with Gasteiger partial charge in [-0.1, -0.05) is 34.6 Å². The summed E-state index contributed by atoms with van der Waals surface area (Å²) >= 11 is 1.49. The van der Waals surface area contributed by atoms with Gasteiger partial charge in [0.1, 0.15) is 4.88 Å². The van der Waals surface area contributed by atoms with Gasteiger partial charge in [-0.3, -0.25) is 4.79 Å². The Morgan fingerprint density at radius 1 is 1.15 bits per heavy atom. The monoisotopic (exact) mass is 381 g/mol. The summed E-state index contributed by atoms with van der Waals surface area (Å²) in [6.45, 7) is 15.0. The van der Waals surface area contributed by atoms with E-state index >= 15 is 0 Å². The molecule has 1 saturated heterocycles. The van der Waals surface area contributed by atoms with Crippen molar-refractivity contribution in [3.05, 3.63) is 15.6 Å². The van der Waals surface area contributed by atoms with E-state index in [2.05, 4.69) is 25.8 Å². The molecule has 2 heterocycles. The van der Waals surface area contributed by atoms with Crippen LogP contribution in [0.3, 0.4) is 0 Å². The molecule has 146 valence electrons. The number of rotatable bonds is 3. The first-order valence-corrected chi connectivity index (χ1v) is 10.1. The zero-order valence-electron chi connectivity index (χ0n) is 16.8. The van der Waals surface area contributed by atoms with E-state index in [-0.39, 0.29) is 17.4 Å². The molecule has 1 aromatic rings. The Balaban J connectivity index is 2.01. The number of hydrogen-bond acceptors (Lipinski definition) is 5. The van der Waals surface area contributed by atoms with Crippen molar-refractivity contribution in [3.8, 4) is 0 Å². The first kappa shape index (κ1) is 20.7. The molecule has 1 fully saturated rings. The smallest absolute Gasteiger partial charge is 0.409 e. The molecule has 0 atom stereocenters. The van der Waals surface area contributed by atoms with E-state index in [4.69, 9.17) is 4.74 Å². The number of hydrogen-bond donors (Lipinski definition) is 0. The molecule has 26 heavy (non-hydrogen) atoms. The second-order valence-electron chi connectivity index (χ2n) is 8.29. The fraction of sp³-hybridized carbons (Fsp3) is 0.737. The maximum absolute atomic E-state index is 13.0. The van der Waals surface area contributed by atoms with E-state index in [1.165, 1.54) is 11.3 Å². The first-order chi connectivity index (χ1) is 12.1. The third kappa shape index (κ3) is 5.19. The molecule has 1 aliphatic heterocycles. The number of ether oxygens (including phenoxy) is 1. The average Bonchev–Trinajstić information content (AvgIpc) is 2.79. The Hall–Kier alpha value is -1.63. The van der Waals surface area contributed by atoms with Gasteiger partial charge in [0.15, 0.2) is 0 Å². The van der Waals surface area contributed by atoms with E-state index in [0.29, 0.717) is 43.6 Å². The Bertz CT molecular complexity index is 649. The van der Waals surface area contributed by atoms with Crippen molar-refractivity contribution in [1.82, 2.24) is 14.8 Å². The van der Waals surface area contributed by atoms with E-state index in [9.17, 15) is 9.59 Å². The zero-order chi connectivity index (χ0) is 19.5. The van der Waals surface area contributed by atoms with Crippen LogP contribution in [-0.2, 0) is 10.2 Å². The van der Waals surface area contributed by atoms with Gasteiger partial charge in [0.25, 0.3) is 5.91 Å². The molecule has 0 aromatic carbocycles. The second kappa shape index (κ2) is 8.37. The third-order valence-corrected chi connectivity index (χ3v) is 5.79. The van der Waals surface area contributed by atoms with Gasteiger partial charge in [0, 0.05) is 31.6 Å². The van der Waals surface area contributed by atoms with Gasteiger partial charge in [-0.05, 0) is 19.3 Å². The number of amides is 2. The molecule has 0 bridgehead atoms. The van der Waals surface area contributed by atoms with Crippen molar-refractivity contribution in [3.63, 3.8) is 0 Å². The molecule has 0 unspecified atom stereocenters. The molecule has 6 nitrogen and oxygen atoms in total. The molecule has 2 amide bonds. The van der Waals surface area contributed by atoms with Crippen LogP contribution in [0.4, 0.5) is 4.79 Å². The fourth-order valence-electron chi connectivity index (χ4n) is 2.69. The highest BCUT2D eigenvalue weighted by Crippen LogP contribution is 2.30. The van der Waals surface area contributed by atoms with Gasteiger partial charge in [-0.2, -0.15) is 0 Å². The molecule has 1 aromatic heterocycles. The van der Waals surface area contributed by atoms with Crippen molar-refractivity contribution in [2.45, 2.75) is 53.4 Å². The molecule has 1 aliphatic rings. The topological polar surface area (TPSA) is 62.7 Å². The SMILES string of the molecule is Cc1nc(C(C)(C)C)sc1C(=O)N1CCCN(C(=O)OCC(C)C)CC1. The molecule has 0 saturated carbocycles. The van der Waals surface area contributed by atoms with Gasteiger partial charge in [0.05, 0.1) is 17.3 Å². The van der Waals surface area contributed by atoms with Crippen LogP contribution in [0.2, 0.25) is 0 Å². The molecule has 0 aliphatic carbocycles. The van der Waals surface area contributed by atoms with Crippen molar-refractivity contribution >= 4 is 23.3 Å². The predicted molar refractivity (Wildman–Crippen MR) is 104 cm³/mol. The maximum atomic E-state index is 13.0. The first-order valence-electron chi connectivity index (χ1n) is 9.28. The van der Waals surface area contributed by atoms with Gasteiger partial charge < -0.3 is 14.5 Å². The van der Waals surface area contributed by atoms with E-state index in [1.54, 1.807) is 4.90 Å². The Kier molecular flexibility index (Phi) is 6.66. The number of carbonyl (C=O) groups is 2. The molecular weight excluding hydrogens is 350 g/mol. The van der Waals surface area contributed by atoms with Crippen molar-refractivity contribution in [2.24, 2.45) is 5.92 Å². The maximum Gasteiger partial charge on any atom is 0.409 e. The van der Waals surface area contributed by atoms with E-state index < -0.39 is 0 Å².